The molecule has 1 heterocycles. The molecule has 0 amide bonds. The number of benzene rings is 1. The van der Waals surface area contributed by atoms with Gasteiger partial charge < -0.3 is 0 Å². The molecule has 1 aromatic rings. The van der Waals surface area contributed by atoms with E-state index < -0.39 is 0 Å². The van der Waals surface area contributed by atoms with Crippen molar-refractivity contribution in [3.05, 3.63) is 35.4 Å². The Morgan fingerprint density at radius 3 is 2.00 bits per heavy atom. The third kappa shape index (κ3) is 1.15. The Morgan fingerprint density at radius 2 is 1.58 bits per heavy atom. The zero-order chi connectivity index (χ0) is 8.55. The molecule has 1 aliphatic heterocycles. The minimum absolute atomic E-state index is 1.10. The van der Waals surface area contributed by atoms with Gasteiger partial charge in [-0.3, -0.25) is 0 Å². The van der Waals surface area contributed by atoms with E-state index in [0.29, 0.717) is 0 Å². The maximum Gasteiger partial charge on any atom is 0.169 e. The highest BCUT2D eigenvalue weighted by Gasteiger charge is 2.20. The molecule has 0 radical (unpaired) electrons. The minimum Gasteiger partial charge on any atom is -0.229 e. The second-order valence-electron chi connectivity index (χ2n) is 3.57. The fourth-order valence-electron chi connectivity index (χ4n) is 1.65. The quantitative estimate of drug-likeness (QED) is 0.512. The zero-order valence-corrected chi connectivity index (χ0v) is 7.67. The summed E-state index contributed by atoms with van der Waals surface area (Å²) in [6.07, 6.45) is 0. The molecule has 0 fully saturated rings. The summed E-state index contributed by atoms with van der Waals surface area (Å²) in [5, 5.41) is 0. The van der Waals surface area contributed by atoms with E-state index in [9.17, 15) is 0 Å². The summed E-state index contributed by atoms with van der Waals surface area (Å²) in [5.41, 5.74) is 4.38. The number of hydrogen-bond acceptors (Lipinski definition) is 0. The fourth-order valence-corrected chi connectivity index (χ4v) is 1.65. The van der Waals surface area contributed by atoms with Crippen molar-refractivity contribution in [2.75, 3.05) is 0 Å². The Labute approximate surface area is 73.4 Å². The largest absolute Gasteiger partial charge is 0.229 e. The Morgan fingerprint density at radius 1 is 1.08 bits per heavy atom. The lowest BCUT2D eigenvalue weighted by Gasteiger charge is -1.92. The van der Waals surface area contributed by atoms with Gasteiger partial charge in [0.05, 0.1) is 0 Å². The average Bonchev–Trinajstić information content (AvgIpc) is 2.46. The van der Waals surface area contributed by atoms with E-state index in [1.165, 1.54) is 16.8 Å². The Kier molecular flexibility index (Phi) is 1.72. The van der Waals surface area contributed by atoms with Crippen molar-refractivity contribution in [2.24, 2.45) is 0 Å². The molecule has 12 heavy (non-hydrogen) atoms. The van der Waals surface area contributed by atoms with Crippen molar-refractivity contribution in [3.63, 3.8) is 0 Å². The second-order valence-corrected chi connectivity index (χ2v) is 3.57. The summed E-state index contributed by atoms with van der Waals surface area (Å²) in [4.78, 5) is 0. The van der Waals surface area contributed by atoms with Crippen LogP contribution in [0.3, 0.4) is 0 Å². The van der Waals surface area contributed by atoms with E-state index >= 15 is 0 Å². The van der Waals surface area contributed by atoms with Crippen LogP contribution in [0.2, 0.25) is 0 Å². The van der Waals surface area contributed by atoms with Crippen LogP contribution in [0.15, 0.2) is 24.3 Å². The predicted molar refractivity (Wildman–Crippen MR) is 50.5 cm³/mol. The van der Waals surface area contributed by atoms with Gasteiger partial charge in [0.15, 0.2) is 13.1 Å². The molecule has 0 saturated carbocycles. The molecule has 1 aliphatic rings. The van der Waals surface area contributed by atoms with Crippen LogP contribution in [0.25, 0.3) is 0 Å². The molecule has 0 unspecified atom stereocenters. The van der Waals surface area contributed by atoms with Crippen molar-refractivity contribution in [1.29, 1.82) is 0 Å². The maximum absolute atomic E-state index is 2.41. The molecular weight excluding hydrogens is 146 g/mol. The SMILES string of the molecule is CC(C)=[N+]1Cc2ccccc2C1. The molecule has 62 valence electrons. The summed E-state index contributed by atoms with van der Waals surface area (Å²) in [6.45, 7) is 6.54. The molecule has 0 spiro atoms. The van der Waals surface area contributed by atoms with Gasteiger partial charge in [0.2, 0.25) is 0 Å². The second kappa shape index (κ2) is 2.74. The Hall–Kier alpha value is -1.11. The first kappa shape index (κ1) is 7.53. The summed E-state index contributed by atoms with van der Waals surface area (Å²) in [5.74, 6) is 0. The van der Waals surface area contributed by atoms with Crippen LogP contribution in [0, 0.1) is 0 Å². The van der Waals surface area contributed by atoms with Crippen LogP contribution in [-0.2, 0) is 13.1 Å². The first-order valence-electron chi connectivity index (χ1n) is 4.39. The molecule has 2 rings (SSSR count). The number of fused-ring (bicyclic) bond motifs is 1. The van der Waals surface area contributed by atoms with Gasteiger partial charge in [-0.15, -0.1) is 0 Å². The Balaban J connectivity index is 2.40. The van der Waals surface area contributed by atoms with Gasteiger partial charge >= 0.3 is 0 Å². The first-order chi connectivity index (χ1) is 5.77. The van der Waals surface area contributed by atoms with Gasteiger partial charge in [-0.05, 0) is 0 Å². The van der Waals surface area contributed by atoms with Crippen LogP contribution in [-0.4, -0.2) is 10.3 Å². The standard InChI is InChI=1S/C11H14N/c1-9(2)12-7-10-5-3-4-6-11(10)8-12/h3-6H,7-8H2,1-2H3/q+1. The van der Waals surface area contributed by atoms with E-state index in [2.05, 4.69) is 42.7 Å². The van der Waals surface area contributed by atoms with Crippen molar-refractivity contribution in [3.8, 4) is 0 Å². The Bertz CT molecular complexity index is 306. The summed E-state index contributed by atoms with van der Waals surface area (Å²) in [7, 11) is 0. The highest BCUT2D eigenvalue weighted by Crippen LogP contribution is 2.18. The van der Waals surface area contributed by atoms with E-state index in [1.807, 2.05) is 0 Å². The van der Waals surface area contributed by atoms with Crippen molar-refractivity contribution in [2.45, 2.75) is 26.9 Å². The fraction of sp³-hybridized carbons (Fsp3) is 0.364. The molecule has 0 aliphatic carbocycles. The van der Waals surface area contributed by atoms with Crippen molar-refractivity contribution < 1.29 is 4.58 Å². The van der Waals surface area contributed by atoms with Gasteiger partial charge in [0, 0.05) is 25.0 Å². The predicted octanol–water partition coefficient (Wildman–Crippen LogP) is 2.19. The zero-order valence-electron chi connectivity index (χ0n) is 7.67. The van der Waals surface area contributed by atoms with Gasteiger partial charge in [-0.25, -0.2) is 4.58 Å². The lowest BCUT2D eigenvalue weighted by Crippen LogP contribution is -2.09. The lowest BCUT2D eigenvalue weighted by molar-refractivity contribution is -0.549. The van der Waals surface area contributed by atoms with Crippen molar-refractivity contribution >= 4 is 5.71 Å². The van der Waals surface area contributed by atoms with E-state index in [4.69, 9.17) is 0 Å². The number of nitrogens with zero attached hydrogens (tertiary/aromatic N) is 1. The highest BCUT2D eigenvalue weighted by molar-refractivity contribution is 5.74. The molecule has 0 N–H and O–H groups in total. The monoisotopic (exact) mass is 160 g/mol. The van der Waals surface area contributed by atoms with Gasteiger partial charge in [0.25, 0.3) is 0 Å². The molecule has 1 nitrogen and oxygen atoms in total. The van der Waals surface area contributed by atoms with Gasteiger partial charge in [-0.1, -0.05) is 24.3 Å². The average molecular weight is 160 g/mol. The summed E-state index contributed by atoms with van der Waals surface area (Å²) >= 11 is 0. The third-order valence-corrected chi connectivity index (χ3v) is 2.47. The molecule has 1 heteroatoms. The number of rotatable bonds is 0. The third-order valence-electron chi connectivity index (χ3n) is 2.47. The molecule has 0 aromatic heterocycles. The van der Waals surface area contributed by atoms with Gasteiger partial charge in [0.1, 0.15) is 5.71 Å². The molecule has 0 bridgehead atoms. The van der Waals surface area contributed by atoms with Crippen LogP contribution >= 0.6 is 0 Å². The lowest BCUT2D eigenvalue weighted by atomic mass is 10.1. The highest BCUT2D eigenvalue weighted by atomic mass is 15.0. The smallest absolute Gasteiger partial charge is 0.169 e. The maximum atomic E-state index is 2.41. The van der Waals surface area contributed by atoms with Crippen LogP contribution in [0.5, 0.6) is 0 Å². The van der Waals surface area contributed by atoms with Crippen LogP contribution in [0.1, 0.15) is 25.0 Å². The topological polar surface area (TPSA) is 3.01 Å². The summed E-state index contributed by atoms with van der Waals surface area (Å²) < 4.78 is 2.41. The van der Waals surface area contributed by atoms with E-state index in [-0.39, 0.29) is 0 Å². The molecule has 1 aromatic carbocycles. The van der Waals surface area contributed by atoms with Crippen molar-refractivity contribution in [1.82, 2.24) is 0 Å². The molecule has 0 atom stereocenters. The van der Waals surface area contributed by atoms with Gasteiger partial charge in [-0.2, -0.15) is 0 Å². The van der Waals surface area contributed by atoms with Crippen LogP contribution < -0.4 is 0 Å². The normalized spacial score (nSPS) is 14.7. The van der Waals surface area contributed by atoms with E-state index in [1.54, 1.807) is 0 Å². The molecule has 0 saturated heterocycles. The van der Waals surface area contributed by atoms with Crippen LogP contribution in [0.4, 0.5) is 0 Å². The minimum atomic E-state index is 1.10. The summed E-state index contributed by atoms with van der Waals surface area (Å²) in [6, 6.07) is 8.68. The molecular formula is C11H14N+. The van der Waals surface area contributed by atoms with E-state index in [0.717, 1.165) is 13.1 Å². The number of hydrogen-bond donors (Lipinski definition) is 0. The first-order valence-corrected chi connectivity index (χ1v) is 4.39.